The lowest BCUT2D eigenvalue weighted by atomic mass is 9.78. The largest absolute Gasteiger partial charge is 0.493 e. The number of halogens is 1. The van der Waals surface area contributed by atoms with E-state index in [1.807, 2.05) is 35.0 Å². The van der Waals surface area contributed by atoms with Crippen LogP contribution in [-0.2, 0) is 12.0 Å². The molecule has 2 unspecified atom stereocenters. The smallest absolute Gasteiger partial charge is 0.119 e. The third-order valence-corrected chi connectivity index (χ3v) is 5.90. The van der Waals surface area contributed by atoms with Crippen LogP contribution in [-0.4, -0.2) is 39.9 Å². The lowest BCUT2D eigenvalue weighted by Gasteiger charge is -2.26. The lowest BCUT2D eigenvalue weighted by molar-refractivity contribution is 0.0924. The molecule has 0 fully saturated rings. The third kappa shape index (κ3) is 6.49. The minimum atomic E-state index is -0.599. The SMILES string of the molecule is CC(CCl)COc1ccc(C(C)(C)c2ccc(OCC(O)Cn3ccnc3)cc2)cc1. The molecular formula is C25H31ClN2O3. The van der Waals surface area contributed by atoms with Crippen LogP contribution in [0.25, 0.3) is 0 Å². The van der Waals surface area contributed by atoms with E-state index in [2.05, 4.69) is 50.0 Å². The topological polar surface area (TPSA) is 56.5 Å². The van der Waals surface area contributed by atoms with E-state index in [-0.39, 0.29) is 12.0 Å². The van der Waals surface area contributed by atoms with Gasteiger partial charge in [0.15, 0.2) is 0 Å². The summed E-state index contributed by atoms with van der Waals surface area (Å²) in [5.41, 5.74) is 2.22. The van der Waals surface area contributed by atoms with Gasteiger partial charge >= 0.3 is 0 Å². The highest BCUT2D eigenvalue weighted by atomic mass is 35.5. The highest BCUT2D eigenvalue weighted by Gasteiger charge is 2.23. The first-order valence-electron chi connectivity index (χ1n) is 10.5. The van der Waals surface area contributed by atoms with Gasteiger partial charge in [0.2, 0.25) is 0 Å². The van der Waals surface area contributed by atoms with Crippen LogP contribution >= 0.6 is 11.6 Å². The van der Waals surface area contributed by atoms with Crippen molar-refractivity contribution in [2.24, 2.45) is 5.92 Å². The van der Waals surface area contributed by atoms with E-state index in [4.69, 9.17) is 21.1 Å². The van der Waals surface area contributed by atoms with Gasteiger partial charge in [-0.25, -0.2) is 4.98 Å². The Labute approximate surface area is 189 Å². The monoisotopic (exact) mass is 442 g/mol. The Balaban J connectivity index is 1.57. The van der Waals surface area contributed by atoms with Crippen LogP contribution in [0.4, 0.5) is 0 Å². The molecule has 0 aliphatic rings. The number of aromatic nitrogens is 2. The number of imidazole rings is 1. The average Bonchev–Trinajstić information content (AvgIpc) is 3.29. The molecular weight excluding hydrogens is 412 g/mol. The first kappa shape index (κ1) is 23.2. The Hall–Kier alpha value is -2.50. The molecule has 0 aliphatic heterocycles. The van der Waals surface area contributed by atoms with E-state index in [0.29, 0.717) is 24.9 Å². The quantitative estimate of drug-likeness (QED) is 0.429. The Morgan fingerprint density at radius 3 is 2.00 bits per heavy atom. The molecule has 6 heteroatoms. The van der Waals surface area contributed by atoms with Gasteiger partial charge in [-0.3, -0.25) is 0 Å². The maximum atomic E-state index is 10.1. The normalized spacial score (nSPS) is 13.6. The predicted octanol–water partition coefficient (Wildman–Crippen LogP) is 4.90. The number of alkyl halides is 1. The molecule has 0 aliphatic carbocycles. The molecule has 1 N–H and O–H groups in total. The third-order valence-electron chi connectivity index (χ3n) is 5.37. The molecule has 5 nitrogen and oxygen atoms in total. The zero-order valence-electron chi connectivity index (χ0n) is 18.4. The first-order chi connectivity index (χ1) is 14.9. The van der Waals surface area contributed by atoms with Gasteiger partial charge < -0.3 is 19.1 Å². The number of rotatable bonds is 11. The summed E-state index contributed by atoms with van der Waals surface area (Å²) in [5, 5.41) is 10.1. The molecule has 2 atom stereocenters. The molecule has 166 valence electrons. The van der Waals surface area contributed by atoms with Gasteiger partial charge in [-0.1, -0.05) is 45.0 Å². The molecule has 0 spiro atoms. The summed E-state index contributed by atoms with van der Waals surface area (Å²) in [6.07, 6.45) is 4.59. The van der Waals surface area contributed by atoms with Gasteiger partial charge in [0.25, 0.3) is 0 Å². The number of ether oxygens (including phenoxy) is 2. The van der Waals surface area contributed by atoms with E-state index < -0.39 is 6.10 Å². The summed E-state index contributed by atoms with van der Waals surface area (Å²) in [4.78, 5) is 3.97. The fraction of sp³-hybridized carbons (Fsp3) is 0.400. The second-order valence-electron chi connectivity index (χ2n) is 8.47. The van der Waals surface area contributed by atoms with Crippen LogP contribution in [0, 0.1) is 5.92 Å². The molecule has 0 radical (unpaired) electrons. The van der Waals surface area contributed by atoms with E-state index in [1.54, 1.807) is 12.5 Å². The standard InChI is InChI=1S/C25H31ClN2O3/c1-19(14-26)16-30-23-8-4-20(5-9-23)25(2,3)21-6-10-24(11-7-21)31-17-22(29)15-28-13-12-27-18-28/h4-13,18-19,22,29H,14-17H2,1-3H3. The van der Waals surface area contributed by atoms with Gasteiger partial charge in [-0.05, 0) is 35.4 Å². The Kier molecular flexibility index (Phi) is 7.99. The predicted molar refractivity (Wildman–Crippen MR) is 124 cm³/mol. The summed E-state index contributed by atoms with van der Waals surface area (Å²) >= 11 is 5.84. The number of aliphatic hydroxyl groups is 1. The second-order valence-corrected chi connectivity index (χ2v) is 8.78. The number of hydrogen-bond acceptors (Lipinski definition) is 4. The molecule has 0 saturated carbocycles. The van der Waals surface area contributed by atoms with Crippen molar-refractivity contribution in [3.63, 3.8) is 0 Å². The fourth-order valence-corrected chi connectivity index (χ4v) is 3.36. The highest BCUT2D eigenvalue weighted by molar-refractivity contribution is 6.18. The molecule has 1 heterocycles. The van der Waals surface area contributed by atoms with Crippen LogP contribution in [0.5, 0.6) is 11.5 Å². The summed E-state index contributed by atoms with van der Waals surface area (Å²) in [6, 6.07) is 16.3. The first-order valence-corrected chi connectivity index (χ1v) is 11.1. The minimum absolute atomic E-state index is 0.165. The molecule has 3 rings (SSSR count). The molecule has 1 aromatic heterocycles. The molecule has 0 bridgehead atoms. The zero-order valence-corrected chi connectivity index (χ0v) is 19.1. The fourth-order valence-electron chi connectivity index (χ4n) is 3.27. The molecule has 2 aromatic carbocycles. The number of hydrogen-bond donors (Lipinski definition) is 1. The highest BCUT2D eigenvalue weighted by Crippen LogP contribution is 2.33. The van der Waals surface area contributed by atoms with Crippen molar-refractivity contribution < 1.29 is 14.6 Å². The number of nitrogens with zero attached hydrogens (tertiary/aromatic N) is 2. The van der Waals surface area contributed by atoms with Crippen LogP contribution in [0.1, 0.15) is 31.9 Å². The lowest BCUT2D eigenvalue weighted by Crippen LogP contribution is -2.23. The van der Waals surface area contributed by atoms with Crippen LogP contribution in [0.3, 0.4) is 0 Å². The molecule has 0 amide bonds. The van der Waals surface area contributed by atoms with Gasteiger partial charge in [0.05, 0.1) is 19.5 Å². The van der Waals surface area contributed by atoms with Crippen molar-refractivity contribution in [1.82, 2.24) is 9.55 Å². The van der Waals surface area contributed by atoms with Gasteiger partial charge in [-0.2, -0.15) is 0 Å². The number of aliphatic hydroxyl groups excluding tert-OH is 1. The molecule has 0 saturated heterocycles. The van der Waals surface area contributed by atoms with Crippen molar-refractivity contribution in [3.8, 4) is 11.5 Å². The van der Waals surface area contributed by atoms with E-state index in [9.17, 15) is 5.11 Å². The van der Waals surface area contributed by atoms with Gasteiger partial charge in [0.1, 0.15) is 24.2 Å². The van der Waals surface area contributed by atoms with Crippen molar-refractivity contribution in [3.05, 3.63) is 78.4 Å². The maximum absolute atomic E-state index is 10.1. The Morgan fingerprint density at radius 2 is 1.52 bits per heavy atom. The number of benzene rings is 2. The zero-order chi connectivity index (χ0) is 22.3. The maximum Gasteiger partial charge on any atom is 0.119 e. The van der Waals surface area contributed by atoms with Crippen molar-refractivity contribution in [1.29, 1.82) is 0 Å². The van der Waals surface area contributed by atoms with Crippen molar-refractivity contribution in [2.75, 3.05) is 19.1 Å². The Morgan fingerprint density at radius 1 is 0.968 bits per heavy atom. The van der Waals surface area contributed by atoms with Crippen LogP contribution < -0.4 is 9.47 Å². The summed E-state index contributed by atoms with van der Waals surface area (Å²) in [6.45, 7) is 7.76. The van der Waals surface area contributed by atoms with E-state index >= 15 is 0 Å². The summed E-state index contributed by atoms with van der Waals surface area (Å²) < 4.78 is 13.4. The molecule has 3 aromatic rings. The summed E-state index contributed by atoms with van der Waals surface area (Å²) in [5.74, 6) is 2.51. The van der Waals surface area contributed by atoms with Gasteiger partial charge in [-0.15, -0.1) is 11.6 Å². The van der Waals surface area contributed by atoms with Crippen molar-refractivity contribution >= 4 is 11.6 Å². The van der Waals surface area contributed by atoms with Crippen molar-refractivity contribution in [2.45, 2.75) is 38.8 Å². The van der Waals surface area contributed by atoms with Crippen LogP contribution in [0.15, 0.2) is 67.3 Å². The Bertz CT molecular complexity index is 909. The average molecular weight is 443 g/mol. The van der Waals surface area contributed by atoms with Gasteiger partial charge in [0, 0.05) is 29.6 Å². The minimum Gasteiger partial charge on any atom is -0.493 e. The molecule has 31 heavy (non-hydrogen) atoms. The summed E-state index contributed by atoms with van der Waals surface area (Å²) in [7, 11) is 0. The second kappa shape index (κ2) is 10.7. The van der Waals surface area contributed by atoms with Crippen LogP contribution in [0.2, 0.25) is 0 Å². The van der Waals surface area contributed by atoms with E-state index in [1.165, 1.54) is 11.1 Å². The van der Waals surface area contributed by atoms with E-state index in [0.717, 1.165) is 11.5 Å².